The molecule has 206 valence electrons. The summed E-state index contributed by atoms with van der Waals surface area (Å²) in [5.74, 6) is 0. The Kier molecular flexibility index (Phi) is 10.1. The molecule has 0 amide bonds. The van der Waals surface area contributed by atoms with E-state index in [9.17, 15) is 0 Å². The van der Waals surface area contributed by atoms with E-state index in [4.69, 9.17) is 0 Å². The van der Waals surface area contributed by atoms with Crippen molar-refractivity contribution in [2.45, 2.75) is 0 Å². The fraction of sp³-hybridized carbons (Fsp3) is 0. The SMILES string of the molecule is [Pd][PH](c1ccccc1)(c1ccccc1)c1ccccc1.[Pd][PH](c1ccccc1)(c1ccccc1)c1ccccc1. The zero-order valence-corrected chi connectivity index (χ0v) is 27.1. The predicted octanol–water partition coefficient (Wildman–Crippen LogP) is 6.35. The van der Waals surface area contributed by atoms with Crippen molar-refractivity contribution in [3.05, 3.63) is 182 Å². The summed E-state index contributed by atoms with van der Waals surface area (Å²) in [6.45, 7) is 0. The van der Waals surface area contributed by atoms with Gasteiger partial charge in [-0.05, 0) is 0 Å². The van der Waals surface area contributed by atoms with Gasteiger partial charge in [0.05, 0.1) is 0 Å². The second kappa shape index (κ2) is 13.9. The molecule has 6 aromatic carbocycles. The average Bonchev–Trinajstić information content (AvgIpc) is 3.07. The van der Waals surface area contributed by atoms with Crippen LogP contribution in [-0.2, 0) is 37.4 Å². The van der Waals surface area contributed by atoms with Gasteiger partial charge in [0.2, 0.25) is 0 Å². The first-order valence-electron chi connectivity index (χ1n) is 13.3. The third-order valence-electron chi connectivity index (χ3n) is 6.92. The van der Waals surface area contributed by atoms with Gasteiger partial charge in [0.15, 0.2) is 0 Å². The van der Waals surface area contributed by atoms with Crippen LogP contribution in [0, 0.1) is 0 Å². The molecule has 40 heavy (non-hydrogen) atoms. The van der Waals surface area contributed by atoms with Crippen molar-refractivity contribution in [1.29, 1.82) is 0 Å². The van der Waals surface area contributed by atoms with Crippen molar-refractivity contribution < 1.29 is 37.4 Å². The quantitative estimate of drug-likeness (QED) is 0.138. The Balaban J connectivity index is 0.000000161. The second-order valence-corrected chi connectivity index (χ2v) is 22.3. The van der Waals surface area contributed by atoms with Gasteiger partial charge in [-0.15, -0.1) is 0 Å². The van der Waals surface area contributed by atoms with Crippen LogP contribution in [0.3, 0.4) is 0 Å². The predicted molar refractivity (Wildman–Crippen MR) is 173 cm³/mol. The zero-order chi connectivity index (χ0) is 27.7. The van der Waals surface area contributed by atoms with Crippen LogP contribution in [0.4, 0.5) is 0 Å². The molecule has 0 heterocycles. The van der Waals surface area contributed by atoms with Crippen LogP contribution in [0.5, 0.6) is 0 Å². The molecule has 0 fully saturated rings. The van der Waals surface area contributed by atoms with Gasteiger partial charge in [-0.25, -0.2) is 0 Å². The van der Waals surface area contributed by atoms with Crippen LogP contribution in [-0.4, -0.2) is 0 Å². The Hall–Kier alpha value is -2.50. The van der Waals surface area contributed by atoms with E-state index < -0.39 is 10.9 Å². The summed E-state index contributed by atoms with van der Waals surface area (Å²) in [5, 5.41) is 8.34. The molecule has 6 aromatic rings. The van der Waals surface area contributed by atoms with Crippen molar-refractivity contribution in [2.75, 3.05) is 0 Å². The zero-order valence-electron chi connectivity index (χ0n) is 22.0. The third-order valence-corrected chi connectivity index (χ3v) is 21.6. The van der Waals surface area contributed by atoms with Gasteiger partial charge in [-0.3, -0.25) is 0 Å². The molecule has 0 aliphatic rings. The Morgan fingerprint density at radius 1 is 0.225 bits per heavy atom. The molecule has 0 spiro atoms. The molecule has 0 aliphatic carbocycles. The normalized spacial score (nSPS) is 12.1. The second-order valence-electron chi connectivity index (χ2n) is 9.42. The Bertz CT molecular complexity index is 1260. The minimum atomic E-state index is -2.03. The molecule has 0 radical (unpaired) electrons. The number of benzene rings is 6. The Morgan fingerprint density at radius 3 is 0.475 bits per heavy atom. The van der Waals surface area contributed by atoms with Gasteiger partial charge in [0.1, 0.15) is 0 Å². The molecule has 0 aromatic heterocycles. The molecule has 0 atom stereocenters. The van der Waals surface area contributed by atoms with E-state index in [0.717, 1.165) is 0 Å². The fourth-order valence-electron chi connectivity index (χ4n) is 4.95. The van der Waals surface area contributed by atoms with Crippen LogP contribution in [0.1, 0.15) is 0 Å². The topological polar surface area (TPSA) is 0 Å². The Labute approximate surface area is 260 Å². The minimum absolute atomic E-state index is 1.39. The molecular formula is C36H32P2Pd2. The van der Waals surface area contributed by atoms with E-state index in [1.807, 2.05) is 0 Å². The standard InChI is InChI=1S/2C18H15P.2Pd/c2*1-4-10-16(11-5-1)19(17-12-6-2-7-13-17)18-14-8-3-9-15-18;;/h2*1-15H;;/q;;2*-1/p+2. The number of hydrogen-bond acceptors (Lipinski definition) is 0. The van der Waals surface area contributed by atoms with Crippen molar-refractivity contribution >= 4 is 42.7 Å². The number of hydrogen-bond donors (Lipinski definition) is 0. The average molecular weight is 739 g/mol. The van der Waals surface area contributed by atoms with Gasteiger partial charge in [-0.2, -0.15) is 0 Å². The molecular weight excluding hydrogens is 707 g/mol. The summed E-state index contributed by atoms with van der Waals surface area (Å²) >= 11 is 7.61. The van der Waals surface area contributed by atoms with Crippen molar-refractivity contribution in [3.8, 4) is 0 Å². The molecule has 0 saturated carbocycles. The maximum atomic E-state index is 3.81. The van der Waals surface area contributed by atoms with E-state index in [-0.39, 0.29) is 0 Å². The van der Waals surface area contributed by atoms with Crippen LogP contribution in [0.2, 0.25) is 0 Å². The van der Waals surface area contributed by atoms with E-state index in [2.05, 4.69) is 219 Å². The van der Waals surface area contributed by atoms with Crippen molar-refractivity contribution in [3.63, 3.8) is 0 Å². The summed E-state index contributed by atoms with van der Waals surface area (Å²) in [6, 6.07) is 64.7. The number of rotatable bonds is 6. The first kappa shape index (κ1) is 29.0. The van der Waals surface area contributed by atoms with Crippen LogP contribution in [0.15, 0.2) is 182 Å². The van der Waals surface area contributed by atoms with Crippen molar-refractivity contribution in [2.24, 2.45) is 0 Å². The van der Waals surface area contributed by atoms with Crippen LogP contribution < -0.4 is 31.8 Å². The maximum absolute atomic E-state index is 3.81. The Morgan fingerprint density at radius 2 is 0.350 bits per heavy atom. The van der Waals surface area contributed by atoms with Crippen LogP contribution >= 0.6 is 10.9 Å². The van der Waals surface area contributed by atoms with Crippen LogP contribution in [0.25, 0.3) is 0 Å². The summed E-state index contributed by atoms with van der Waals surface area (Å²) in [6.07, 6.45) is 0. The first-order valence-corrected chi connectivity index (χ1v) is 21.6. The van der Waals surface area contributed by atoms with E-state index in [0.29, 0.717) is 0 Å². The molecule has 6 rings (SSSR count). The molecule has 4 heteroatoms. The fourth-order valence-corrected chi connectivity index (χ4v) is 15.4. The van der Waals surface area contributed by atoms with Gasteiger partial charge in [0, 0.05) is 0 Å². The molecule has 0 unspecified atom stereocenters. The van der Waals surface area contributed by atoms with Gasteiger partial charge in [-0.1, -0.05) is 0 Å². The first-order chi connectivity index (χ1) is 19.6. The summed E-state index contributed by atoms with van der Waals surface area (Å²) in [4.78, 5) is 0. The molecule has 0 bridgehead atoms. The summed E-state index contributed by atoms with van der Waals surface area (Å²) in [5.41, 5.74) is -4.06. The van der Waals surface area contributed by atoms with Gasteiger partial charge in [0.25, 0.3) is 0 Å². The van der Waals surface area contributed by atoms with E-state index in [1.165, 1.54) is 31.8 Å². The van der Waals surface area contributed by atoms with Crippen molar-refractivity contribution in [1.82, 2.24) is 0 Å². The molecule has 0 nitrogen and oxygen atoms in total. The molecule has 0 saturated heterocycles. The van der Waals surface area contributed by atoms with Gasteiger partial charge < -0.3 is 0 Å². The summed E-state index contributed by atoms with van der Waals surface area (Å²) in [7, 11) is 0. The molecule has 0 N–H and O–H groups in total. The van der Waals surface area contributed by atoms with E-state index >= 15 is 0 Å². The third kappa shape index (κ3) is 6.36. The van der Waals surface area contributed by atoms with E-state index in [1.54, 1.807) is 0 Å². The molecule has 0 aliphatic heterocycles. The monoisotopic (exact) mass is 738 g/mol. The van der Waals surface area contributed by atoms with Gasteiger partial charge >= 0.3 is 262 Å². The summed E-state index contributed by atoms with van der Waals surface area (Å²) < 4.78 is 0.